The quantitative estimate of drug-likeness (QED) is 0.758. The Morgan fingerprint density at radius 2 is 2.00 bits per heavy atom. The fourth-order valence-corrected chi connectivity index (χ4v) is 1.27. The molecule has 0 saturated heterocycles. The summed E-state index contributed by atoms with van der Waals surface area (Å²) in [4.78, 5) is 0. The van der Waals surface area contributed by atoms with Crippen LogP contribution in [0.3, 0.4) is 0 Å². The standard InChI is InChI=1S/C11H14FN/c1-2-9(7-8-13)10-3-5-11(12)6-4-10/h3-7H,2,8,13H2,1H3. The van der Waals surface area contributed by atoms with E-state index in [0.29, 0.717) is 6.54 Å². The second-order valence-corrected chi connectivity index (χ2v) is 2.83. The van der Waals surface area contributed by atoms with E-state index in [1.165, 1.54) is 17.7 Å². The number of halogens is 1. The van der Waals surface area contributed by atoms with E-state index < -0.39 is 0 Å². The van der Waals surface area contributed by atoms with Crippen LogP contribution in [0.5, 0.6) is 0 Å². The molecular weight excluding hydrogens is 165 g/mol. The Hall–Kier alpha value is -1.15. The Morgan fingerprint density at radius 3 is 2.46 bits per heavy atom. The zero-order chi connectivity index (χ0) is 9.68. The molecule has 0 fully saturated rings. The molecule has 0 atom stereocenters. The lowest BCUT2D eigenvalue weighted by Crippen LogP contribution is -1.95. The summed E-state index contributed by atoms with van der Waals surface area (Å²) < 4.78 is 12.6. The van der Waals surface area contributed by atoms with Gasteiger partial charge >= 0.3 is 0 Å². The van der Waals surface area contributed by atoms with Crippen molar-refractivity contribution in [1.82, 2.24) is 0 Å². The highest BCUT2D eigenvalue weighted by Gasteiger charge is 1.97. The topological polar surface area (TPSA) is 26.0 Å². The van der Waals surface area contributed by atoms with Crippen molar-refractivity contribution in [3.63, 3.8) is 0 Å². The molecule has 1 rings (SSSR count). The predicted octanol–water partition coefficient (Wildman–Crippen LogP) is 2.58. The average molecular weight is 179 g/mol. The van der Waals surface area contributed by atoms with Crippen LogP contribution in [-0.4, -0.2) is 6.54 Å². The van der Waals surface area contributed by atoms with Crippen molar-refractivity contribution in [2.24, 2.45) is 5.73 Å². The van der Waals surface area contributed by atoms with Gasteiger partial charge in [-0.1, -0.05) is 25.1 Å². The number of rotatable bonds is 3. The Bertz CT molecular complexity index is 287. The Balaban J connectivity index is 2.92. The molecule has 2 heteroatoms. The van der Waals surface area contributed by atoms with Crippen LogP contribution < -0.4 is 5.73 Å². The van der Waals surface area contributed by atoms with Crippen molar-refractivity contribution in [1.29, 1.82) is 0 Å². The molecule has 0 aliphatic carbocycles. The molecule has 2 N–H and O–H groups in total. The molecule has 0 aliphatic rings. The van der Waals surface area contributed by atoms with E-state index in [-0.39, 0.29) is 5.82 Å². The minimum Gasteiger partial charge on any atom is -0.327 e. The van der Waals surface area contributed by atoms with Crippen molar-refractivity contribution in [2.75, 3.05) is 6.54 Å². The van der Waals surface area contributed by atoms with Gasteiger partial charge in [0, 0.05) is 6.54 Å². The van der Waals surface area contributed by atoms with Crippen LogP contribution in [-0.2, 0) is 0 Å². The fourth-order valence-electron chi connectivity index (χ4n) is 1.27. The van der Waals surface area contributed by atoms with Gasteiger partial charge in [0.25, 0.3) is 0 Å². The molecular formula is C11H14FN. The highest BCUT2D eigenvalue weighted by Crippen LogP contribution is 2.17. The van der Waals surface area contributed by atoms with E-state index in [9.17, 15) is 4.39 Å². The lowest BCUT2D eigenvalue weighted by molar-refractivity contribution is 0.627. The fraction of sp³-hybridized carbons (Fsp3) is 0.273. The minimum atomic E-state index is -0.202. The first-order chi connectivity index (χ1) is 6.27. The molecule has 1 aromatic carbocycles. The van der Waals surface area contributed by atoms with Gasteiger partial charge in [-0.25, -0.2) is 4.39 Å². The van der Waals surface area contributed by atoms with Gasteiger partial charge in [-0.3, -0.25) is 0 Å². The van der Waals surface area contributed by atoms with Crippen LogP contribution in [0.4, 0.5) is 4.39 Å². The lowest BCUT2D eigenvalue weighted by atomic mass is 10.0. The predicted molar refractivity (Wildman–Crippen MR) is 53.7 cm³/mol. The summed E-state index contributed by atoms with van der Waals surface area (Å²) in [5.41, 5.74) is 7.64. The maximum Gasteiger partial charge on any atom is 0.123 e. The number of nitrogens with two attached hydrogens (primary N) is 1. The summed E-state index contributed by atoms with van der Waals surface area (Å²) in [6, 6.07) is 6.49. The molecule has 0 heterocycles. The first kappa shape index (κ1) is 9.93. The van der Waals surface area contributed by atoms with Crippen molar-refractivity contribution in [3.8, 4) is 0 Å². The Labute approximate surface area is 78.1 Å². The van der Waals surface area contributed by atoms with E-state index in [2.05, 4.69) is 6.92 Å². The molecule has 0 aromatic heterocycles. The molecule has 0 aliphatic heterocycles. The van der Waals surface area contributed by atoms with E-state index in [1.807, 2.05) is 6.08 Å². The molecule has 0 bridgehead atoms. The first-order valence-electron chi connectivity index (χ1n) is 4.43. The van der Waals surface area contributed by atoms with Crippen molar-refractivity contribution in [3.05, 3.63) is 41.7 Å². The zero-order valence-corrected chi connectivity index (χ0v) is 7.76. The molecule has 1 aromatic rings. The maximum atomic E-state index is 12.6. The number of allylic oxidation sites excluding steroid dienone is 1. The highest BCUT2D eigenvalue weighted by molar-refractivity contribution is 5.65. The van der Waals surface area contributed by atoms with E-state index in [0.717, 1.165) is 12.0 Å². The number of hydrogen-bond donors (Lipinski definition) is 1. The zero-order valence-electron chi connectivity index (χ0n) is 7.76. The lowest BCUT2D eigenvalue weighted by Gasteiger charge is -2.03. The third kappa shape index (κ3) is 2.67. The van der Waals surface area contributed by atoms with Crippen LogP contribution >= 0.6 is 0 Å². The average Bonchev–Trinajstić information content (AvgIpc) is 2.16. The Kier molecular flexibility index (Phi) is 3.65. The van der Waals surface area contributed by atoms with Gasteiger partial charge in [-0.05, 0) is 29.7 Å². The van der Waals surface area contributed by atoms with Crippen LogP contribution in [0, 0.1) is 5.82 Å². The number of hydrogen-bond acceptors (Lipinski definition) is 1. The van der Waals surface area contributed by atoms with E-state index in [4.69, 9.17) is 5.73 Å². The van der Waals surface area contributed by atoms with Crippen molar-refractivity contribution < 1.29 is 4.39 Å². The van der Waals surface area contributed by atoms with Gasteiger partial charge in [0.2, 0.25) is 0 Å². The smallest absolute Gasteiger partial charge is 0.123 e. The summed E-state index contributed by atoms with van der Waals surface area (Å²) in [6.07, 6.45) is 2.88. The molecule has 13 heavy (non-hydrogen) atoms. The van der Waals surface area contributed by atoms with Crippen LogP contribution in [0.25, 0.3) is 5.57 Å². The summed E-state index contributed by atoms with van der Waals surface area (Å²) in [5, 5.41) is 0. The summed E-state index contributed by atoms with van der Waals surface area (Å²) in [5.74, 6) is -0.202. The van der Waals surface area contributed by atoms with Gasteiger partial charge in [0.05, 0.1) is 0 Å². The van der Waals surface area contributed by atoms with Gasteiger partial charge in [-0.15, -0.1) is 0 Å². The summed E-state index contributed by atoms with van der Waals surface area (Å²) in [7, 11) is 0. The SMILES string of the molecule is CCC(=CCN)c1ccc(F)cc1. The summed E-state index contributed by atoms with van der Waals surface area (Å²) >= 11 is 0. The number of benzene rings is 1. The van der Waals surface area contributed by atoms with E-state index in [1.54, 1.807) is 12.1 Å². The molecule has 0 radical (unpaired) electrons. The maximum absolute atomic E-state index is 12.6. The monoisotopic (exact) mass is 179 g/mol. The Morgan fingerprint density at radius 1 is 1.38 bits per heavy atom. The normalized spacial score (nSPS) is 11.8. The van der Waals surface area contributed by atoms with Crippen LogP contribution in [0.15, 0.2) is 30.3 Å². The van der Waals surface area contributed by atoms with Gasteiger partial charge in [-0.2, -0.15) is 0 Å². The summed E-state index contributed by atoms with van der Waals surface area (Å²) in [6.45, 7) is 2.59. The van der Waals surface area contributed by atoms with Crippen molar-refractivity contribution >= 4 is 5.57 Å². The molecule has 0 unspecified atom stereocenters. The van der Waals surface area contributed by atoms with Gasteiger partial charge in [0.15, 0.2) is 0 Å². The molecule has 0 amide bonds. The molecule has 1 nitrogen and oxygen atoms in total. The molecule has 0 spiro atoms. The molecule has 70 valence electrons. The highest BCUT2D eigenvalue weighted by atomic mass is 19.1. The van der Waals surface area contributed by atoms with Crippen molar-refractivity contribution in [2.45, 2.75) is 13.3 Å². The second-order valence-electron chi connectivity index (χ2n) is 2.83. The van der Waals surface area contributed by atoms with E-state index >= 15 is 0 Å². The van der Waals surface area contributed by atoms with Gasteiger partial charge in [0.1, 0.15) is 5.82 Å². The largest absolute Gasteiger partial charge is 0.327 e. The first-order valence-corrected chi connectivity index (χ1v) is 4.43. The van der Waals surface area contributed by atoms with Crippen LogP contribution in [0.1, 0.15) is 18.9 Å². The minimum absolute atomic E-state index is 0.202. The second kappa shape index (κ2) is 4.77. The third-order valence-corrected chi connectivity index (χ3v) is 1.96. The van der Waals surface area contributed by atoms with Gasteiger partial charge < -0.3 is 5.73 Å². The molecule has 0 saturated carbocycles. The third-order valence-electron chi connectivity index (χ3n) is 1.96. The van der Waals surface area contributed by atoms with Crippen LogP contribution in [0.2, 0.25) is 0 Å².